The van der Waals surface area contributed by atoms with Gasteiger partial charge in [-0.1, -0.05) is 19.9 Å². The molecule has 178 valence electrons. The van der Waals surface area contributed by atoms with Gasteiger partial charge in [0.05, 0.1) is 18.2 Å². The van der Waals surface area contributed by atoms with Crippen molar-refractivity contribution in [1.29, 1.82) is 0 Å². The van der Waals surface area contributed by atoms with E-state index in [0.29, 0.717) is 11.8 Å². The molecule has 0 spiro atoms. The summed E-state index contributed by atoms with van der Waals surface area (Å²) in [7, 11) is 0. The minimum atomic E-state index is -0.584. The van der Waals surface area contributed by atoms with Crippen molar-refractivity contribution < 1.29 is 9.90 Å². The second-order valence-corrected chi connectivity index (χ2v) is 9.96. The van der Waals surface area contributed by atoms with Crippen LogP contribution in [0, 0.1) is 6.92 Å². The van der Waals surface area contributed by atoms with Gasteiger partial charge >= 0.3 is 0 Å². The SMILES string of the molecule is Cc1nc2cc(-c3[nH]c4ccc(C5CCN(C(=O)CC(C)O)CC5)cc4c3C(C)C)ccn2n1. The minimum Gasteiger partial charge on any atom is -0.393 e. The number of likely N-dealkylation sites (tertiary alicyclic amines) is 1. The maximum absolute atomic E-state index is 12.3. The van der Waals surface area contributed by atoms with E-state index in [0.717, 1.165) is 54.2 Å². The van der Waals surface area contributed by atoms with Crippen LogP contribution in [0.15, 0.2) is 36.5 Å². The van der Waals surface area contributed by atoms with Crippen molar-refractivity contribution in [2.75, 3.05) is 13.1 Å². The zero-order chi connectivity index (χ0) is 24.0. The third-order valence-electron chi connectivity index (χ3n) is 6.96. The number of piperidine rings is 1. The topological polar surface area (TPSA) is 86.5 Å². The number of carbonyl (C=O) groups excluding carboxylic acids is 1. The van der Waals surface area contributed by atoms with Gasteiger partial charge in [0.1, 0.15) is 5.82 Å². The van der Waals surface area contributed by atoms with Crippen LogP contribution in [0.4, 0.5) is 0 Å². The van der Waals surface area contributed by atoms with Gasteiger partial charge in [-0.05, 0) is 73.9 Å². The second-order valence-electron chi connectivity index (χ2n) is 9.96. The minimum absolute atomic E-state index is 0.0566. The Labute approximate surface area is 199 Å². The quantitative estimate of drug-likeness (QED) is 0.449. The lowest BCUT2D eigenvalue weighted by atomic mass is 9.87. The molecule has 0 aliphatic carbocycles. The number of rotatable bonds is 5. The molecule has 2 N–H and O–H groups in total. The Balaban J connectivity index is 1.45. The number of aryl methyl sites for hydroxylation is 1. The van der Waals surface area contributed by atoms with Gasteiger partial charge < -0.3 is 15.0 Å². The van der Waals surface area contributed by atoms with Crippen molar-refractivity contribution >= 4 is 22.5 Å². The van der Waals surface area contributed by atoms with Crippen molar-refractivity contribution in [3.8, 4) is 11.3 Å². The summed E-state index contributed by atoms with van der Waals surface area (Å²) in [6, 6.07) is 11.0. The van der Waals surface area contributed by atoms with Crippen LogP contribution >= 0.6 is 0 Å². The van der Waals surface area contributed by atoms with Gasteiger partial charge in [0, 0.05) is 35.8 Å². The molecule has 7 heteroatoms. The molecule has 1 fully saturated rings. The summed E-state index contributed by atoms with van der Waals surface area (Å²) >= 11 is 0. The summed E-state index contributed by atoms with van der Waals surface area (Å²) < 4.78 is 1.81. The molecule has 1 aliphatic rings. The largest absolute Gasteiger partial charge is 0.393 e. The van der Waals surface area contributed by atoms with Crippen LogP contribution in [0.2, 0.25) is 0 Å². The molecule has 0 saturated carbocycles. The number of hydrogen-bond acceptors (Lipinski definition) is 4. The smallest absolute Gasteiger partial charge is 0.225 e. The number of H-pyrrole nitrogens is 1. The van der Waals surface area contributed by atoms with Crippen LogP contribution in [0.25, 0.3) is 27.8 Å². The third-order valence-corrected chi connectivity index (χ3v) is 6.96. The molecule has 1 unspecified atom stereocenters. The molecule has 1 aromatic carbocycles. The van der Waals surface area contributed by atoms with Gasteiger partial charge in [-0.25, -0.2) is 9.50 Å². The molecule has 1 saturated heterocycles. The highest BCUT2D eigenvalue weighted by molar-refractivity contribution is 5.92. The number of nitrogens with zero attached hydrogens (tertiary/aromatic N) is 4. The Morgan fingerprint density at radius 1 is 1.18 bits per heavy atom. The van der Waals surface area contributed by atoms with E-state index in [9.17, 15) is 9.90 Å². The Hall–Kier alpha value is -3.19. The molecule has 4 heterocycles. The van der Waals surface area contributed by atoms with E-state index in [1.807, 2.05) is 22.5 Å². The first-order chi connectivity index (χ1) is 16.3. The van der Waals surface area contributed by atoms with E-state index >= 15 is 0 Å². The predicted octanol–water partition coefficient (Wildman–Crippen LogP) is 4.79. The lowest BCUT2D eigenvalue weighted by Crippen LogP contribution is -2.39. The average molecular weight is 460 g/mol. The molecule has 1 atom stereocenters. The number of aliphatic hydroxyl groups excluding tert-OH is 1. The molecular formula is C27H33N5O2. The first-order valence-electron chi connectivity index (χ1n) is 12.2. The molecule has 1 aliphatic heterocycles. The predicted molar refractivity (Wildman–Crippen MR) is 134 cm³/mol. The van der Waals surface area contributed by atoms with Crippen LogP contribution in [-0.4, -0.2) is 54.7 Å². The Kier molecular flexibility index (Phi) is 5.90. The van der Waals surface area contributed by atoms with E-state index in [1.54, 1.807) is 6.92 Å². The highest BCUT2D eigenvalue weighted by Gasteiger charge is 2.25. The molecule has 1 amide bonds. The normalized spacial score (nSPS) is 16.1. The number of hydrogen-bond donors (Lipinski definition) is 2. The molecule has 0 bridgehead atoms. The number of carbonyl (C=O) groups is 1. The molecule has 3 aromatic heterocycles. The maximum atomic E-state index is 12.3. The van der Waals surface area contributed by atoms with Gasteiger partial charge in [0.25, 0.3) is 0 Å². The summed E-state index contributed by atoms with van der Waals surface area (Å²) in [6.07, 6.45) is 3.50. The van der Waals surface area contributed by atoms with E-state index in [-0.39, 0.29) is 12.3 Å². The lowest BCUT2D eigenvalue weighted by molar-refractivity contribution is -0.134. The number of benzene rings is 1. The number of amides is 1. The monoisotopic (exact) mass is 459 g/mol. The number of aliphatic hydroxyl groups is 1. The van der Waals surface area contributed by atoms with E-state index in [4.69, 9.17) is 0 Å². The summed E-state index contributed by atoms with van der Waals surface area (Å²) in [5.74, 6) is 1.62. The highest BCUT2D eigenvalue weighted by atomic mass is 16.3. The number of pyridine rings is 1. The van der Waals surface area contributed by atoms with Crippen LogP contribution in [0.1, 0.15) is 68.8 Å². The summed E-state index contributed by atoms with van der Waals surface area (Å²) in [6.45, 7) is 9.56. The fourth-order valence-corrected chi connectivity index (χ4v) is 5.30. The first kappa shape index (κ1) is 22.6. The number of aromatic nitrogens is 4. The van der Waals surface area contributed by atoms with Crippen molar-refractivity contribution in [3.05, 3.63) is 53.5 Å². The average Bonchev–Trinajstić information content (AvgIpc) is 3.37. The van der Waals surface area contributed by atoms with Gasteiger partial charge in [-0.2, -0.15) is 5.10 Å². The third kappa shape index (κ3) is 4.20. The van der Waals surface area contributed by atoms with Gasteiger partial charge in [-0.15, -0.1) is 0 Å². The standard InChI is InChI=1S/C27H33N5O2/c1-16(2)26-22-14-20(19-7-10-31(11-8-19)25(34)13-17(3)33)5-6-23(22)29-27(26)21-9-12-32-24(15-21)28-18(4)30-32/h5-6,9,12,14-17,19,29,33H,7-8,10-11,13H2,1-4H3. The summed E-state index contributed by atoms with van der Waals surface area (Å²) in [5.41, 5.74) is 6.91. The highest BCUT2D eigenvalue weighted by Crippen LogP contribution is 2.38. The van der Waals surface area contributed by atoms with Crippen molar-refractivity contribution in [1.82, 2.24) is 24.5 Å². The lowest BCUT2D eigenvalue weighted by Gasteiger charge is -2.32. The molecular weight excluding hydrogens is 426 g/mol. The Bertz CT molecular complexity index is 1340. The van der Waals surface area contributed by atoms with Gasteiger partial charge in [-0.3, -0.25) is 4.79 Å². The molecule has 4 aromatic rings. The Morgan fingerprint density at radius 3 is 2.65 bits per heavy atom. The number of nitrogens with one attached hydrogen (secondary N) is 1. The number of aromatic amines is 1. The van der Waals surface area contributed by atoms with E-state index in [2.05, 4.69) is 59.2 Å². The zero-order valence-electron chi connectivity index (χ0n) is 20.4. The summed E-state index contributed by atoms with van der Waals surface area (Å²) in [4.78, 5) is 22.4. The van der Waals surface area contributed by atoms with E-state index < -0.39 is 6.10 Å². The van der Waals surface area contributed by atoms with E-state index in [1.165, 1.54) is 16.5 Å². The molecule has 5 rings (SSSR count). The Morgan fingerprint density at radius 2 is 1.94 bits per heavy atom. The van der Waals surface area contributed by atoms with Crippen molar-refractivity contribution in [2.45, 2.75) is 64.9 Å². The second kappa shape index (κ2) is 8.87. The van der Waals surface area contributed by atoms with Gasteiger partial charge in [0.2, 0.25) is 5.91 Å². The summed E-state index contributed by atoms with van der Waals surface area (Å²) in [5, 5.41) is 15.2. The molecule has 34 heavy (non-hydrogen) atoms. The fraction of sp³-hybridized carbons (Fsp3) is 0.444. The maximum Gasteiger partial charge on any atom is 0.225 e. The number of fused-ring (bicyclic) bond motifs is 2. The molecule has 7 nitrogen and oxygen atoms in total. The first-order valence-corrected chi connectivity index (χ1v) is 12.2. The fourth-order valence-electron chi connectivity index (χ4n) is 5.30. The van der Waals surface area contributed by atoms with Crippen LogP contribution in [-0.2, 0) is 4.79 Å². The van der Waals surface area contributed by atoms with Crippen molar-refractivity contribution in [2.24, 2.45) is 0 Å². The molecule has 0 radical (unpaired) electrons. The van der Waals surface area contributed by atoms with Crippen molar-refractivity contribution in [3.63, 3.8) is 0 Å². The zero-order valence-corrected chi connectivity index (χ0v) is 20.4. The van der Waals surface area contributed by atoms with Crippen LogP contribution in [0.3, 0.4) is 0 Å². The van der Waals surface area contributed by atoms with Crippen LogP contribution in [0.5, 0.6) is 0 Å². The van der Waals surface area contributed by atoms with Crippen LogP contribution < -0.4 is 0 Å². The van der Waals surface area contributed by atoms with Gasteiger partial charge in [0.15, 0.2) is 5.65 Å².